The van der Waals surface area contributed by atoms with E-state index in [1.54, 1.807) is 54.2 Å². The Morgan fingerprint density at radius 3 is 2.41 bits per heavy atom. The summed E-state index contributed by atoms with van der Waals surface area (Å²) < 4.78 is 0.745. The molecule has 0 unspecified atom stereocenters. The molecule has 0 aliphatic heterocycles. The Bertz CT molecular complexity index is 1040. The number of hydrogen-bond donors (Lipinski definition) is 1. The first kappa shape index (κ1) is 21.6. The van der Waals surface area contributed by atoms with Crippen LogP contribution in [0.4, 0.5) is 5.69 Å². The summed E-state index contributed by atoms with van der Waals surface area (Å²) in [5.74, 6) is 0.579. The maximum atomic E-state index is 13.0. The SMILES string of the molecule is CCSc1ccc(CC(=O)Nc2ccc(Br)cc2C(=O)c2ccccc2Cl)cc1. The molecule has 3 aromatic carbocycles. The Morgan fingerprint density at radius 2 is 1.72 bits per heavy atom. The fourth-order valence-electron chi connectivity index (χ4n) is 2.85. The van der Waals surface area contributed by atoms with Crippen molar-refractivity contribution in [3.63, 3.8) is 0 Å². The summed E-state index contributed by atoms with van der Waals surface area (Å²) in [7, 11) is 0. The van der Waals surface area contributed by atoms with E-state index >= 15 is 0 Å². The van der Waals surface area contributed by atoms with Gasteiger partial charge in [-0.3, -0.25) is 9.59 Å². The van der Waals surface area contributed by atoms with Crippen LogP contribution in [0.15, 0.2) is 76.1 Å². The highest BCUT2D eigenvalue weighted by molar-refractivity contribution is 9.10. The molecule has 0 aliphatic carbocycles. The fourth-order valence-corrected chi connectivity index (χ4v) is 4.10. The zero-order valence-corrected chi connectivity index (χ0v) is 18.9. The van der Waals surface area contributed by atoms with Crippen molar-refractivity contribution in [3.8, 4) is 0 Å². The second-order valence-electron chi connectivity index (χ2n) is 6.30. The highest BCUT2D eigenvalue weighted by atomic mass is 79.9. The van der Waals surface area contributed by atoms with E-state index in [1.165, 1.54) is 4.90 Å². The summed E-state index contributed by atoms with van der Waals surface area (Å²) in [5.41, 5.74) is 2.16. The van der Waals surface area contributed by atoms with E-state index in [9.17, 15) is 9.59 Å². The van der Waals surface area contributed by atoms with Crippen molar-refractivity contribution in [2.24, 2.45) is 0 Å². The van der Waals surface area contributed by atoms with Crippen molar-refractivity contribution in [1.29, 1.82) is 0 Å². The van der Waals surface area contributed by atoms with Gasteiger partial charge in [-0.2, -0.15) is 0 Å². The number of thioether (sulfide) groups is 1. The lowest BCUT2D eigenvalue weighted by molar-refractivity contribution is -0.115. The van der Waals surface area contributed by atoms with Gasteiger partial charge in [-0.25, -0.2) is 0 Å². The topological polar surface area (TPSA) is 46.2 Å². The molecule has 0 radical (unpaired) electrons. The van der Waals surface area contributed by atoms with Crippen LogP contribution < -0.4 is 5.32 Å². The molecule has 0 saturated heterocycles. The van der Waals surface area contributed by atoms with Gasteiger partial charge in [0, 0.05) is 20.5 Å². The second-order valence-corrected chi connectivity index (χ2v) is 8.96. The summed E-state index contributed by atoms with van der Waals surface area (Å²) in [6.45, 7) is 2.10. The number of halogens is 2. The zero-order valence-electron chi connectivity index (χ0n) is 15.7. The number of nitrogens with one attached hydrogen (secondary N) is 1. The summed E-state index contributed by atoms with van der Waals surface area (Å²) in [4.78, 5) is 26.8. The quantitative estimate of drug-likeness (QED) is 0.300. The van der Waals surface area contributed by atoms with Gasteiger partial charge < -0.3 is 5.32 Å². The fraction of sp³-hybridized carbons (Fsp3) is 0.130. The van der Waals surface area contributed by atoms with E-state index in [0.29, 0.717) is 21.8 Å². The molecule has 0 fully saturated rings. The lowest BCUT2D eigenvalue weighted by Gasteiger charge is -2.12. The van der Waals surface area contributed by atoms with Gasteiger partial charge >= 0.3 is 0 Å². The van der Waals surface area contributed by atoms with E-state index < -0.39 is 0 Å². The maximum Gasteiger partial charge on any atom is 0.228 e. The van der Waals surface area contributed by atoms with Gasteiger partial charge in [-0.1, -0.05) is 58.7 Å². The van der Waals surface area contributed by atoms with Crippen molar-refractivity contribution >= 4 is 56.7 Å². The minimum absolute atomic E-state index is 0.184. The molecular formula is C23H19BrClNO2S. The number of rotatable bonds is 7. The van der Waals surface area contributed by atoms with E-state index in [4.69, 9.17) is 11.6 Å². The normalized spacial score (nSPS) is 10.6. The Labute approximate surface area is 188 Å². The molecule has 148 valence electrons. The van der Waals surface area contributed by atoms with Gasteiger partial charge in [0.05, 0.1) is 17.1 Å². The van der Waals surface area contributed by atoms with E-state index in [1.807, 2.05) is 24.3 Å². The first-order valence-corrected chi connectivity index (χ1v) is 11.2. The lowest BCUT2D eigenvalue weighted by atomic mass is 10.0. The van der Waals surface area contributed by atoms with Crippen molar-refractivity contribution in [3.05, 3.63) is 92.9 Å². The Hall–Kier alpha value is -2.08. The molecule has 3 nitrogen and oxygen atoms in total. The molecule has 0 aromatic heterocycles. The summed E-state index contributed by atoms with van der Waals surface area (Å²) in [5, 5.41) is 3.24. The van der Waals surface area contributed by atoms with Gasteiger partial charge in [0.2, 0.25) is 5.91 Å². The lowest BCUT2D eigenvalue weighted by Crippen LogP contribution is -2.17. The standard InChI is InChI=1S/C23H19BrClNO2S/c1-2-29-17-10-7-15(8-11-17)13-22(27)26-21-12-9-16(24)14-19(21)23(28)18-5-3-4-6-20(18)25/h3-12,14H,2,13H2,1H3,(H,26,27). The van der Waals surface area contributed by atoms with Gasteiger partial charge in [0.25, 0.3) is 0 Å². The Kier molecular flexibility index (Phi) is 7.53. The summed E-state index contributed by atoms with van der Waals surface area (Å²) >= 11 is 11.3. The molecule has 1 N–H and O–H groups in total. The largest absolute Gasteiger partial charge is 0.325 e. The van der Waals surface area contributed by atoms with Gasteiger partial charge in [0.15, 0.2) is 5.78 Å². The molecule has 0 heterocycles. The van der Waals surface area contributed by atoms with Gasteiger partial charge in [0.1, 0.15) is 0 Å². The number of ketones is 1. The number of hydrogen-bond acceptors (Lipinski definition) is 3. The number of benzene rings is 3. The van der Waals surface area contributed by atoms with Crippen LogP contribution in [0.2, 0.25) is 5.02 Å². The zero-order chi connectivity index (χ0) is 20.8. The average molecular weight is 489 g/mol. The van der Waals surface area contributed by atoms with Crippen LogP contribution >= 0.6 is 39.3 Å². The Balaban J connectivity index is 1.79. The molecular weight excluding hydrogens is 470 g/mol. The molecule has 0 spiro atoms. The van der Waals surface area contributed by atoms with Crippen molar-refractivity contribution < 1.29 is 9.59 Å². The molecule has 3 rings (SSSR count). The second kappa shape index (κ2) is 10.1. The van der Waals surface area contributed by atoms with Crippen LogP contribution in [0.3, 0.4) is 0 Å². The van der Waals surface area contributed by atoms with Crippen molar-refractivity contribution in [2.45, 2.75) is 18.2 Å². The van der Waals surface area contributed by atoms with E-state index in [0.717, 1.165) is 15.8 Å². The number of anilines is 1. The summed E-state index contributed by atoms with van der Waals surface area (Å²) in [6, 6.07) is 20.0. The minimum Gasteiger partial charge on any atom is -0.325 e. The summed E-state index contributed by atoms with van der Waals surface area (Å²) in [6.07, 6.45) is 0.229. The molecule has 0 aliphatic rings. The highest BCUT2D eigenvalue weighted by Gasteiger charge is 2.18. The van der Waals surface area contributed by atoms with E-state index in [-0.39, 0.29) is 18.1 Å². The molecule has 0 bridgehead atoms. The third kappa shape index (κ3) is 5.72. The van der Waals surface area contributed by atoms with Crippen LogP contribution in [0.25, 0.3) is 0 Å². The number of amides is 1. The van der Waals surface area contributed by atoms with Gasteiger partial charge in [-0.15, -0.1) is 11.8 Å². The predicted molar refractivity (Wildman–Crippen MR) is 124 cm³/mol. The molecule has 1 amide bonds. The van der Waals surface area contributed by atoms with Crippen LogP contribution in [0.5, 0.6) is 0 Å². The first-order valence-electron chi connectivity index (χ1n) is 9.08. The van der Waals surface area contributed by atoms with Crippen LogP contribution in [-0.2, 0) is 11.2 Å². The van der Waals surface area contributed by atoms with Crippen LogP contribution in [0.1, 0.15) is 28.4 Å². The molecule has 6 heteroatoms. The van der Waals surface area contributed by atoms with Crippen molar-refractivity contribution in [1.82, 2.24) is 0 Å². The molecule has 0 atom stereocenters. The molecule has 29 heavy (non-hydrogen) atoms. The van der Waals surface area contributed by atoms with Gasteiger partial charge in [-0.05, 0) is 53.8 Å². The third-order valence-electron chi connectivity index (χ3n) is 4.22. The minimum atomic E-state index is -0.242. The number of carbonyl (C=O) groups excluding carboxylic acids is 2. The van der Waals surface area contributed by atoms with E-state index in [2.05, 4.69) is 28.2 Å². The smallest absolute Gasteiger partial charge is 0.228 e. The highest BCUT2D eigenvalue weighted by Crippen LogP contribution is 2.27. The van der Waals surface area contributed by atoms with Crippen LogP contribution in [-0.4, -0.2) is 17.4 Å². The van der Waals surface area contributed by atoms with Crippen LogP contribution in [0, 0.1) is 0 Å². The average Bonchev–Trinajstić information content (AvgIpc) is 2.71. The first-order chi connectivity index (χ1) is 14.0. The Morgan fingerprint density at radius 1 is 1.00 bits per heavy atom. The molecule has 0 saturated carbocycles. The predicted octanol–water partition coefficient (Wildman–Crippen LogP) is 6.63. The van der Waals surface area contributed by atoms with Crippen molar-refractivity contribution in [2.75, 3.05) is 11.1 Å². The monoisotopic (exact) mass is 487 g/mol. The number of carbonyl (C=O) groups is 2. The maximum absolute atomic E-state index is 13.0. The molecule has 3 aromatic rings. The third-order valence-corrected chi connectivity index (χ3v) is 5.93.